The molecule has 7 nitrogen and oxygen atoms in total. The molecular formula is C21H21F3N6O. The van der Waals surface area contributed by atoms with E-state index in [2.05, 4.69) is 25.3 Å². The number of hydrogen-bond acceptors (Lipinski definition) is 7. The number of rotatable bonds is 4. The van der Waals surface area contributed by atoms with Gasteiger partial charge in [-0.2, -0.15) is 13.2 Å². The number of aliphatic hydroxyl groups is 1. The number of aromatic nitrogens is 4. The average Bonchev–Trinajstić information content (AvgIpc) is 3.07. The first kappa shape index (κ1) is 21.0. The summed E-state index contributed by atoms with van der Waals surface area (Å²) < 4.78 is 38.7. The fraction of sp³-hybridized carbons (Fsp3) is 0.333. The van der Waals surface area contributed by atoms with Crippen molar-refractivity contribution in [3.8, 4) is 11.1 Å². The van der Waals surface area contributed by atoms with E-state index in [1.807, 2.05) is 17.9 Å². The first-order valence-electron chi connectivity index (χ1n) is 9.68. The van der Waals surface area contributed by atoms with Gasteiger partial charge in [-0.25, -0.2) is 19.9 Å². The third kappa shape index (κ3) is 4.91. The topological polar surface area (TPSA) is 87.1 Å². The van der Waals surface area contributed by atoms with Gasteiger partial charge in [0.05, 0.1) is 5.60 Å². The monoisotopic (exact) mass is 430 g/mol. The maximum Gasteiger partial charge on any atom is 0.433 e. The van der Waals surface area contributed by atoms with Crippen LogP contribution < -0.4 is 10.2 Å². The van der Waals surface area contributed by atoms with E-state index in [1.165, 1.54) is 0 Å². The summed E-state index contributed by atoms with van der Waals surface area (Å²) in [6.45, 7) is 4.82. The second kappa shape index (κ2) is 7.77. The lowest BCUT2D eigenvalue weighted by Crippen LogP contribution is -2.30. The van der Waals surface area contributed by atoms with Gasteiger partial charge in [-0.05, 0) is 49.6 Å². The van der Waals surface area contributed by atoms with Crippen molar-refractivity contribution in [2.45, 2.75) is 32.0 Å². The lowest BCUT2D eigenvalue weighted by Gasteiger charge is -2.18. The highest BCUT2D eigenvalue weighted by molar-refractivity contribution is 5.70. The molecule has 0 spiro atoms. The van der Waals surface area contributed by atoms with E-state index in [1.54, 1.807) is 31.5 Å². The van der Waals surface area contributed by atoms with Gasteiger partial charge in [0.25, 0.3) is 0 Å². The lowest BCUT2D eigenvalue weighted by atomic mass is 10.1. The molecule has 4 rings (SSSR count). The van der Waals surface area contributed by atoms with Crippen molar-refractivity contribution >= 4 is 17.6 Å². The van der Waals surface area contributed by atoms with Crippen LogP contribution in [0.2, 0.25) is 0 Å². The molecular weight excluding hydrogens is 409 g/mol. The average molecular weight is 430 g/mol. The van der Waals surface area contributed by atoms with Gasteiger partial charge in [0, 0.05) is 42.9 Å². The molecule has 2 aromatic heterocycles. The Morgan fingerprint density at radius 2 is 1.84 bits per heavy atom. The minimum Gasteiger partial charge on any atom is -0.388 e. The van der Waals surface area contributed by atoms with E-state index in [4.69, 9.17) is 0 Å². The van der Waals surface area contributed by atoms with Crippen LogP contribution in [0.15, 0.2) is 42.9 Å². The van der Waals surface area contributed by atoms with Crippen molar-refractivity contribution in [2.24, 2.45) is 0 Å². The van der Waals surface area contributed by atoms with Crippen LogP contribution in [-0.4, -0.2) is 43.7 Å². The van der Waals surface area contributed by atoms with Gasteiger partial charge in [0.15, 0.2) is 0 Å². The minimum atomic E-state index is -4.54. The number of hydrogen-bond donors (Lipinski definition) is 2. The molecule has 31 heavy (non-hydrogen) atoms. The number of alkyl halides is 3. The number of nitrogens with one attached hydrogen (secondary N) is 1. The van der Waals surface area contributed by atoms with Crippen LogP contribution in [0.5, 0.6) is 0 Å². The molecule has 0 bridgehead atoms. The van der Waals surface area contributed by atoms with Crippen LogP contribution in [0.1, 0.15) is 24.6 Å². The zero-order valence-electron chi connectivity index (χ0n) is 17.0. The number of halogens is 3. The Hall–Kier alpha value is -3.27. The molecule has 1 saturated heterocycles. The fourth-order valence-corrected chi connectivity index (χ4v) is 3.48. The molecule has 1 aromatic carbocycles. The first-order valence-corrected chi connectivity index (χ1v) is 9.68. The Bertz CT molecular complexity index is 1090. The zero-order valence-corrected chi connectivity index (χ0v) is 17.0. The van der Waals surface area contributed by atoms with E-state index in [-0.39, 0.29) is 5.95 Å². The highest BCUT2D eigenvalue weighted by Crippen LogP contribution is 2.30. The van der Waals surface area contributed by atoms with Gasteiger partial charge in [-0.3, -0.25) is 0 Å². The molecule has 1 atom stereocenters. The second-order valence-corrected chi connectivity index (χ2v) is 7.92. The Labute approximate surface area is 177 Å². The van der Waals surface area contributed by atoms with Crippen molar-refractivity contribution < 1.29 is 18.3 Å². The Morgan fingerprint density at radius 1 is 1.10 bits per heavy atom. The predicted molar refractivity (Wildman–Crippen MR) is 110 cm³/mol. The van der Waals surface area contributed by atoms with Gasteiger partial charge in [0.1, 0.15) is 5.69 Å². The van der Waals surface area contributed by atoms with Crippen molar-refractivity contribution in [2.75, 3.05) is 23.3 Å². The summed E-state index contributed by atoms with van der Waals surface area (Å²) in [5.41, 5.74) is 1.24. The van der Waals surface area contributed by atoms with Gasteiger partial charge in [0.2, 0.25) is 11.9 Å². The molecule has 2 N–H and O–H groups in total. The molecule has 0 radical (unpaired) electrons. The molecule has 162 valence electrons. The number of aryl methyl sites for hydroxylation is 1. The van der Waals surface area contributed by atoms with Gasteiger partial charge in [-0.1, -0.05) is 6.07 Å². The lowest BCUT2D eigenvalue weighted by molar-refractivity contribution is -0.141. The van der Waals surface area contributed by atoms with E-state index in [0.717, 1.165) is 29.0 Å². The van der Waals surface area contributed by atoms with Crippen LogP contribution >= 0.6 is 0 Å². The second-order valence-electron chi connectivity index (χ2n) is 7.92. The highest BCUT2D eigenvalue weighted by Gasteiger charge is 2.33. The molecule has 1 aliphatic heterocycles. The summed E-state index contributed by atoms with van der Waals surface area (Å²) in [5, 5.41) is 13.0. The largest absolute Gasteiger partial charge is 0.433 e. The highest BCUT2D eigenvalue weighted by atomic mass is 19.4. The Balaban J connectivity index is 1.56. The maximum atomic E-state index is 12.9. The molecule has 0 saturated carbocycles. The molecule has 3 aromatic rings. The smallest absolute Gasteiger partial charge is 0.388 e. The molecule has 1 fully saturated rings. The predicted octanol–water partition coefficient (Wildman–Crippen LogP) is 3.97. The third-order valence-electron chi connectivity index (χ3n) is 4.99. The molecule has 10 heteroatoms. The standard InChI is InChI=1S/C21H21F3N6O/c1-13-7-14(15-10-26-19(27-11-15)30-6-4-20(2,31)12-30)9-16(8-13)28-18-25-5-3-17(29-18)21(22,23)24/h3,5,7-11,31H,4,6,12H2,1-2H3,(H,25,28,29). The van der Waals surface area contributed by atoms with Crippen LogP contribution in [0.4, 0.5) is 30.8 Å². The fourth-order valence-electron chi connectivity index (χ4n) is 3.48. The minimum absolute atomic E-state index is 0.140. The number of anilines is 3. The molecule has 0 aliphatic carbocycles. The van der Waals surface area contributed by atoms with Crippen molar-refractivity contribution in [1.82, 2.24) is 19.9 Å². The summed E-state index contributed by atoms with van der Waals surface area (Å²) >= 11 is 0. The third-order valence-corrected chi connectivity index (χ3v) is 4.99. The summed E-state index contributed by atoms with van der Waals surface area (Å²) in [7, 11) is 0. The summed E-state index contributed by atoms with van der Waals surface area (Å²) in [6.07, 6.45) is 0.558. The summed E-state index contributed by atoms with van der Waals surface area (Å²) in [5.74, 6) is 0.406. The number of nitrogens with zero attached hydrogens (tertiary/aromatic N) is 5. The van der Waals surface area contributed by atoms with Crippen molar-refractivity contribution in [1.29, 1.82) is 0 Å². The van der Waals surface area contributed by atoms with E-state index >= 15 is 0 Å². The molecule has 3 heterocycles. The normalized spacial score (nSPS) is 19.0. The molecule has 0 amide bonds. The summed E-state index contributed by atoms with van der Waals surface area (Å²) in [6, 6.07) is 6.31. The first-order chi connectivity index (χ1) is 14.6. The summed E-state index contributed by atoms with van der Waals surface area (Å²) in [4.78, 5) is 18.2. The van der Waals surface area contributed by atoms with Crippen LogP contribution in [0.3, 0.4) is 0 Å². The SMILES string of the molecule is Cc1cc(Nc2nccc(C(F)(F)F)n2)cc(-c2cnc(N3CCC(C)(O)C3)nc2)c1. The van der Waals surface area contributed by atoms with E-state index in [0.29, 0.717) is 31.1 Å². The van der Waals surface area contributed by atoms with Crippen LogP contribution in [0, 0.1) is 6.92 Å². The van der Waals surface area contributed by atoms with Crippen molar-refractivity contribution in [3.63, 3.8) is 0 Å². The van der Waals surface area contributed by atoms with Gasteiger partial charge in [-0.15, -0.1) is 0 Å². The molecule has 1 unspecified atom stereocenters. The Morgan fingerprint density at radius 3 is 2.48 bits per heavy atom. The number of benzene rings is 1. The van der Waals surface area contributed by atoms with Crippen LogP contribution in [0.25, 0.3) is 11.1 Å². The maximum absolute atomic E-state index is 12.9. The van der Waals surface area contributed by atoms with Crippen molar-refractivity contribution in [3.05, 3.63) is 54.1 Å². The quantitative estimate of drug-likeness (QED) is 0.648. The van der Waals surface area contributed by atoms with E-state index in [9.17, 15) is 18.3 Å². The van der Waals surface area contributed by atoms with Crippen LogP contribution in [-0.2, 0) is 6.18 Å². The van der Waals surface area contributed by atoms with E-state index < -0.39 is 17.5 Å². The van der Waals surface area contributed by atoms with Gasteiger partial charge < -0.3 is 15.3 Å². The Kier molecular flexibility index (Phi) is 5.26. The van der Waals surface area contributed by atoms with Gasteiger partial charge >= 0.3 is 6.18 Å². The molecule has 1 aliphatic rings. The number of β-amino-alcohol motifs (C(OH)–C–C–N with tert-alkyl or cyclic N) is 1. The zero-order chi connectivity index (χ0) is 22.2.